The van der Waals surface area contributed by atoms with Crippen molar-refractivity contribution in [1.82, 2.24) is 4.90 Å². The fourth-order valence-electron chi connectivity index (χ4n) is 5.06. The van der Waals surface area contributed by atoms with Crippen LogP contribution in [0.25, 0.3) is 0 Å². The van der Waals surface area contributed by atoms with E-state index >= 15 is 0 Å². The molecule has 2 heterocycles. The summed E-state index contributed by atoms with van der Waals surface area (Å²) in [5.41, 5.74) is 0.661. The summed E-state index contributed by atoms with van der Waals surface area (Å²) in [6, 6.07) is 16.0. The molecule has 0 spiro atoms. The molecule has 3 nitrogen and oxygen atoms in total. The first-order chi connectivity index (χ1) is 16.6. The second-order valence-corrected chi connectivity index (χ2v) is 12.1. The van der Waals surface area contributed by atoms with Crippen molar-refractivity contribution >= 4 is 23.5 Å². The van der Waals surface area contributed by atoms with Gasteiger partial charge in [0.25, 0.3) is 0 Å². The number of hydrogen-bond acceptors (Lipinski definition) is 5. The maximum absolute atomic E-state index is 12.7. The van der Waals surface area contributed by atoms with E-state index in [2.05, 4.69) is 30.6 Å². The van der Waals surface area contributed by atoms with Gasteiger partial charge in [0.05, 0.1) is 10.6 Å². The zero-order chi connectivity index (χ0) is 23.9. The van der Waals surface area contributed by atoms with Gasteiger partial charge in [-0.2, -0.15) is 0 Å². The lowest BCUT2D eigenvalue weighted by atomic mass is 9.78. The molecule has 2 aliphatic heterocycles. The van der Waals surface area contributed by atoms with Crippen LogP contribution in [0.1, 0.15) is 63.5 Å². The number of para-hydroxylation sites is 2. The Morgan fingerprint density at radius 1 is 0.912 bits per heavy atom. The predicted molar refractivity (Wildman–Crippen MR) is 147 cm³/mol. The number of thioether (sulfide) groups is 2. The standard InChI is InChI=1S/C29H37NO2S2/c1-3-19-30(20-4-2)21-12-6-5-11-18-28(33-22-13-23-34-28)29(31)24-14-7-9-16-26(24)32-27-17-10-8-15-25(27)29/h7-10,14-17,31H,3-5,11,13,18-23H2,1-2H3. The molecular formula is C29H37NO2S2. The summed E-state index contributed by atoms with van der Waals surface area (Å²) in [4.78, 5) is 2.44. The van der Waals surface area contributed by atoms with Crippen molar-refractivity contribution in [2.45, 2.75) is 62.1 Å². The lowest BCUT2D eigenvalue weighted by molar-refractivity contribution is 0.0531. The van der Waals surface area contributed by atoms with Crippen molar-refractivity contribution in [3.63, 3.8) is 0 Å². The Morgan fingerprint density at radius 2 is 1.50 bits per heavy atom. The fourth-order valence-corrected chi connectivity index (χ4v) is 8.75. The van der Waals surface area contributed by atoms with Gasteiger partial charge in [-0.05, 0) is 68.8 Å². The van der Waals surface area contributed by atoms with E-state index in [1.54, 1.807) is 0 Å². The average Bonchev–Trinajstić information content (AvgIpc) is 2.87. The molecular weight excluding hydrogens is 458 g/mol. The molecule has 0 amide bonds. The maximum atomic E-state index is 12.7. The minimum atomic E-state index is -1.11. The first-order valence-corrected chi connectivity index (χ1v) is 14.7. The minimum absolute atomic E-state index is 0.362. The van der Waals surface area contributed by atoms with E-state index in [1.807, 2.05) is 72.1 Å². The van der Waals surface area contributed by atoms with Gasteiger partial charge in [0.2, 0.25) is 0 Å². The molecule has 0 aliphatic carbocycles. The lowest BCUT2D eigenvalue weighted by Gasteiger charge is -2.51. The van der Waals surface area contributed by atoms with Crippen LogP contribution in [0.4, 0.5) is 0 Å². The summed E-state index contributed by atoms with van der Waals surface area (Å²) in [5.74, 6) is 10.5. The molecule has 0 radical (unpaired) electrons. The van der Waals surface area contributed by atoms with Gasteiger partial charge < -0.3 is 9.84 Å². The molecule has 2 aromatic carbocycles. The van der Waals surface area contributed by atoms with Crippen molar-refractivity contribution in [2.75, 3.05) is 31.1 Å². The molecule has 1 N–H and O–H groups in total. The topological polar surface area (TPSA) is 32.7 Å². The highest BCUT2D eigenvalue weighted by molar-refractivity contribution is 8.18. The zero-order valence-corrected chi connectivity index (χ0v) is 22.1. The maximum Gasteiger partial charge on any atom is 0.145 e. The molecule has 0 unspecified atom stereocenters. The van der Waals surface area contributed by atoms with Gasteiger partial charge in [-0.3, -0.25) is 4.90 Å². The monoisotopic (exact) mass is 495 g/mol. The van der Waals surface area contributed by atoms with Gasteiger partial charge in [0.15, 0.2) is 0 Å². The average molecular weight is 496 g/mol. The summed E-state index contributed by atoms with van der Waals surface area (Å²) in [5, 5.41) is 12.7. The molecule has 0 bridgehead atoms. The summed E-state index contributed by atoms with van der Waals surface area (Å²) >= 11 is 3.85. The summed E-state index contributed by atoms with van der Waals surface area (Å²) < 4.78 is 5.86. The molecule has 5 heteroatoms. The number of ether oxygens (including phenoxy) is 1. The smallest absolute Gasteiger partial charge is 0.145 e. The fraction of sp³-hybridized carbons (Fsp3) is 0.517. The Labute approximate surface area is 214 Å². The van der Waals surface area contributed by atoms with Gasteiger partial charge in [-0.25, -0.2) is 0 Å². The number of unbranched alkanes of at least 4 members (excludes halogenated alkanes) is 1. The Bertz CT molecular complexity index is 955. The number of aliphatic hydroxyl groups is 1. The molecule has 1 fully saturated rings. The largest absolute Gasteiger partial charge is 0.457 e. The summed E-state index contributed by atoms with van der Waals surface area (Å²) in [6.45, 7) is 7.55. The van der Waals surface area contributed by atoms with Crippen molar-refractivity contribution in [1.29, 1.82) is 0 Å². The van der Waals surface area contributed by atoms with Gasteiger partial charge >= 0.3 is 0 Å². The summed E-state index contributed by atoms with van der Waals surface area (Å²) in [6.07, 6.45) is 6.27. The van der Waals surface area contributed by atoms with Crippen molar-refractivity contribution in [2.24, 2.45) is 0 Å². The Balaban J connectivity index is 1.56. The van der Waals surface area contributed by atoms with Crippen LogP contribution in [-0.2, 0) is 5.60 Å². The number of benzene rings is 2. The molecule has 1 saturated heterocycles. The van der Waals surface area contributed by atoms with E-state index in [0.717, 1.165) is 73.0 Å². The van der Waals surface area contributed by atoms with Crippen LogP contribution in [-0.4, -0.2) is 45.2 Å². The highest BCUT2D eigenvalue weighted by Crippen LogP contribution is 2.63. The Kier molecular flexibility index (Phi) is 8.93. The molecule has 2 aromatic rings. The highest BCUT2D eigenvalue weighted by atomic mass is 32.2. The number of fused-ring (bicyclic) bond motifs is 2. The normalized spacial score (nSPS) is 17.8. The Hall–Kier alpha value is -1.58. The van der Waals surface area contributed by atoms with E-state index in [-0.39, 0.29) is 4.08 Å². The van der Waals surface area contributed by atoms with Crippen LogP contribution in [0.2, 0.25) is 0 Å². The van der Waals surface area contributed by atoms with Crippen molar-refractivity contribution < 1.29 is 9.84 Å². The van der Waals surface area contributed by atoms with Gasteiger partial charge in [-0.1, -0.05) is 56.2 Å². The van der Waals surface area contributed by atoms with E-state index in [0.29, 0.717) is 0 Å². The van der Waals surface area contributed by atoms with Gasteiger partial charge in [-0.15, -0.1) is 29.4 Å². The van der Waals surface area contributed by atoms with Crippen LogP contribution in [0.5, 0.6) is 11.5 Å². The van der Waals surface area contributed by atoms with E-state index in [9.17, 15) is 5.11 Å². The van der Waals surface area contributed by atoms with Gasteiger partial charge in [0, 0.05) is 17.5 Å². The van der Waals surface area contributed by atoms with Crippen LogP contribution in [0.15, 0.2) is 48.5 Å². The minimum Gasteiger partial charge on any atom is -0.457 e. The van der Waals surface area contributed by atoms with Crippen LogP contribution >= 0.6 is 23.5 Å². The third-order valence-electron chi connectivity index (χ3n) is 6.60. The molecule has 0 atom stereocenters. The number of rotatable bonds is 9. The molecule has 0 saturated carbocycles. The first-order valence-electron chi connectivity index (χ1n) is 12.7. The Morgan fingerprint density at radius 3 is 2.09 bits per heavy atom. The number of hydrogen-bond donors (Lipinski definition) is 1. The third-order valence-corrected chi connectivity index (χ3v) is 10.2. The molecule has 4 rings (SSSR count). The van der Waals surface area contributed by atoms with E-state index < -0.39 is 5.60 Å². The zero-order valence-electron chi connectivity index (χ0n) is 20.5. The van der Waals surface area contributed by atoms with Crippen LogP contribution in [0.3, 0.4) is 0 Å². The van der Waals surface area contributed by atoms with E-state index in [1.165, 1.54) is 19.3 Å². The molecule has 2 aliphatic rings. The van der Waals surface area contributed by atoms with Crippen LogP contribution in [0, 0.1) is 11.8 Å². The number of nitrogens with zero attached hydrogens (tertiary/aromatic N) is 1. The molecule has 0 aromatic heterocycles. The predicted octanol–water partition coefficient (Wildman–Crippen LogP) is 6.89. The summed E-state index contributed by atoms with van der Waals surface area (Å²) in [7, 11) is 0. The first kappa shape index (κ1) is 25.5. The SMILES string of the molecule is CCCN(CC#CCCCC1(C2(O)c3ccccc3Oc3ccccc32)SCCCS1)CCC. The second kappa shape index (κ2) is 11.9. The third kappa shape index (κ3) is 5.16. The van der Waals surface area contributed by atoms with E-state index in [4.69, 9.17) is 4.74 Å². The lowest BCUT2D eigenvalue weighted by Crippen LogP contribution is -2.51. The molecule has 182 valence electrons. The highest BCUT2D eigenvalue weighted by Gasteiger charge is 2.57. The van der Waals surface area contributed by atoms with Gasteiger partial charge in [0.1, 0.15) is 17.1 Å². The quantitative estimate of drug-likeness (QED) is 0.302. The molecule has 34 heavy (non-hydrogen) atoms. The van der Waals surface area contributed by atoms with Crippen LogP contribution < -0.4 is 4.74 Å². The van der Waals surface area contributed by atoms with Crippen molar-refractivity contribution in [3.8, 4) is 23.3 Å². The second-order valence-electron chi connectivity index (χ2n) is 9.09. The van der Waals surface area contributed by atoms with Crippen molar-refractivity contribution in [3.05, 3.63) is 59.7 Å².